The zero-order chi connectivity index (χ0) is 16.2. The van der Waals surface area contributed by atoms with Gasteiger partial charge in [-0.05, 0) is 31.0 Å². The second kappa shape index (κ2) is 7.23. The average molecular weight is 353 g/mol. The number of carbonyl (C=O) groups excluding carboxylic acids is 1. The van der Waals surface area contributed by atoms with E-state index < -0.39 is 0 Å². The Hall–Kier alpha value is -1.73. The molecule has 0 radical (unpaired) electrons. The first-order valence-corrected chi connectivity index (χ1v) is 8.64. The zero-order valence-electron chi connectivity index (χ0n) is 12.6. The van der Waals surface area contributed by atoms with Gasteiger partial charge in [0.2, 0.25) is 11.1 Å². The van der Waals surface area contributed by atoms with Crippen LogP contribution in [0.5, 0.6) is 5.75 Å². The highest BCUT2D eigenvalue weighted by molar-refractivity contribution is 8.00. The van der Waals surface area contributed by atoms with Crippen molar-refractivity contribution in [3.63, 3.8) is 0 Å². The third-order valence-corrected chi connectivity index (χ3v) is 4.98. The summed E-state index contributed by atoms with van der Waals surface area (Å²) < 4.78 is 5.33. The fraction of sp³-hybridized carbons (Fsp3) is 0.400. The van der Waals surface area contributed by atoms with E-state index in [1.807, 2.05) is 0 Å². The summed E-state index contributed by atoms with van der Waals surface area (Å²) in [7, 11) is 1.59. The molecule has 1 saturated heterocycles. The Balaban J connectivity index is 1.80. The molecule has 0 bridgehead atoms. The number of hydrogen-bond acceptors (Lipinski definition) is 5. The molecule has 122 valence electrons. The van der Waals surface area contributed by atoms with Crippen LogP contribution in [0.2, 0.25) is 5.02 Å². The van der Waals surface area contributed by atoms with Crippen LogP contribution < -0.4 is 10.1 Å². The van der Waals surface area contributed by atoms with Gasteiger partial charge >= 0.3 is 0 Å². The molecule has 1 fully saturated rings. The van der Waals surface area contributed by atoms with Crippen molar-refractivity contribution in [1.29, 1.82) is 0 Å². The van der Waals surface area contributed by atoms with Crippen LogP contribution in [0.3, 0.4) is 0 Å². The van der Waals surface area contributed by atoms with Gasteiger partial charge in [0.1, 0.15) is 5.75 Å². The van der Waals surface area contributed by atoms with Gasteiger partial charge < -0.3 is 10.1 Å². The summed E-state index contributed by atoms with van der Waals surface area (Å²) in [4.78, 5) is 16.5. The highest BCUT2D eigenvalue weighted by Gasteiger charge is 2.24. The van der Waals surface area contributed by atoms with Crippen LogP contribution in [0.1, 0.15) is 19.3 Å². The molecule has 1 amide bonds. The van der Waals surface area contributed by atoms with E-state index in [1.165, 1.54) is 11.8 Å². The second-order valence-electron chi connectivity index (χ2n) is 5.20. The van der Waals surface area contributed by atoms with E-state index in [1.54, 1.807) is 25.3 Å². The maximum atomic E-state index is 12.0. The molecule has 0 spiro atoms. The van der Waals surface area contributed by atoms with Crippen molar-refractivity contribution in [3.8, 4) is 17.1 Å². The molecule has 1 unspecified atom stereocenters. The van der Waals surface area contributed by atoms with Crippen LogP contribution in [0, 0.1) is 0 Å². The van der Waals surface area contributed by atoms with Gasteiger partial charge in [0.05, 0.1) is 17.9 Å². The molecule has 8 heteroatoms. The number of aromatic nitrogens is 3. The molecule has 0 saturated carbocycles. The number of hydrogen-bond donors (Lipinski definition) is 2. The van der Waals surface area contributed by atoms with Gasteiger partial charge in [0, 0.05) is 11.6 Å². The van der Waals surface area contributed by atoms with Gasteiger partial charge in [-0.3, -0.25) is 9.89 Å². The Bertz CT molecular complexity index is 707. The molecule has 23 heavy (non-hydrogen) atoms. The molecule has 0 aliphatic carbocycles. The number of H-pyrrole nitrogens is 1. The lowest BCUT2D eigenvalue weighted by Gasteiger charge is -2.09. The predicted octanol–water partition coefficient (Wildman–Crippen LogP) is 2.89. The van der Waals surface area contributed by atoms with E-state index in [4.69, 9.17) is 16.3 Å². The molecule has 1 aromatic heterocycles. The molecule has 1 atom stereocenters. The molecule has 2 aromatic rings. The summed E-state index contributed by atoms with van der Waals surface area (Å²) in [6.07, 6.45) is 2.87. The van der Waals surface area contributed by atoms with Crippen molar-refractivity contribution in [2.45, 2.75) is 29.7 Å². The minimum absolute atomic E-state index is 0.0548. The normalized spacial score (nSPS) is 18.3. The summed E-state index contributed by atoms with van der Waals surface area (Å²) in [5.41, 5.74) is 0.740. The number of methoxy groups -OCH3 is 1. The molecule has 1 aliphatic heterocycles. The largest absolute Gasteiger partial charge is 0.496 e. The molecule has 1 aliphatic rings. The summed E-state index contributed by atoms with van der Waals surface area (Å²) >= 11 is 7.43. The van der Waals surface area contributed by atoms with E-state index in [0.717, 1.165) is 31.4 Å². The Morgan fingerprint density at radius 2 is 2.26 bits per heavy atom. The number of carbonyl (C=O) groups is 1. The van der Waals surface area contributed by atoms with Crippen molar-refractivity contribution in [2.24, 2.45) is 0 Å². The molecule has 6 nitrogen and oxygen atoms in total. The molecule has 1 aromatic carbocycles. The molecule has 2 N–H and O–H groups in total. The Morgan fingerprint density at radius 3 is 3.09 bits per heavy atom. The lowest BCUT2D eigenvalue weighted by Crippen LogP contribution is -2.30. The number of thioether (sulfide) groups is 1. The van der Waals surface area contributed by atoms with Crippen LogP contribution >= 0.6 is 23.4 Å². The van der Waals surface area contributed by atoms with Gasteiger partial charge in [0.15, 0.2) is 5.82 Å². The summed E-state index contributed by atoms with van der Waals surface area (Å²) in [5, 5.41) is 11.0. The SMILES string of the molecule is COc1ccc(Cl)cc1-c1nc(SC2CCCCNC2=O)n[nH]1. The Morgan fingerprint density at radius 1 is 1.39 bits per heavy atom. The molecular weight excluding hydrogens is 336 g/mol. The second-order valence-corrected chi connectivity index (χ2v) is 6.81. The highest BCUT2D eigenvalue weighted by Crippen LogP contribution is 2.32. The Kier molecular flexibility index (Phi) is 5.07. The fourth-order valence-electron chi connectivity index (χ4n) is 2.44. The van der Waals surface area contributed by atoms with E-state index in [9.17, 15) is 4.79 Å². The van der Waals surface area contributed by atoms with Crippen LogP contribution in [0.25, 0.3) is 11.4 Å². The minimum atomic E-state index is -0.151. The predicted molar refractivity (Wildman–Crippen MR) is 89.9 cm³/mol. The molecular formula is C15H17ClN4O2S. The summed E-state index contributed by atoms with van der Waals surface area (Å²) in [6, 6.07) is 5.31. The van der Waals surface area contributed by atoms with E-state index >= 15 is 0 Å². The number of ether oxygens (including phenoxy) is 1. The first-order chi connectivity index (χ1) is 11.2. The summed E-state index contributed by atoms with van der Waals surface area (Å²) in [6.45, 7) is 0.745. The number of rotatable bonds is 4. The number of aromatic amines is 1. The van der Waals surface area contributed by atoms with Crippen molar-refractivity contribution in [3.05, 3.63) is 23.2 Å². The van der Waals surface area contributed by atoms with Crippen molar-refractivity contribution in [1.82, 2.24) is 20.5 Å². The van der Waals surface area contributed by atoms with Crippen LogP contribution in [-0.4, -0.2) is 40.0 Å². The number of nitrogens with one attached hydrogen (secondary N) is 2. The van der Waals surface area contributed by atoms with Gasteiger partial charge in [-0.25, -0.2) is 4.98 Å². The number of halogens is 1. The van der Waals surface area contributed by atoms with Crippen LogP contribution in [0.4, 0.5) is 0 Å². The number of amides is 1. The van der Waals surface area contributed by atoms with E-state index in [0.29, 0.717) is 21.8 Å². The van der Waals surface area contributed by atoms with Gasteiger partial charge in [0.25, 0.3) is 0 Å². The first-order valence-electron chi connectivity index (χ1n) is 7.38. The number of benzene rings is 1. The third-order valence-electron chi connectivity index (χ3n) is 3.61. The number of nitrogens with zero attached hydrogens (tertiary/aromatic N) is 2. The minimum Gasteiger partial charge on any atom is -0.496 e. The van der Waals surface area contributed by atoms with Crippen LogP contribution in [0.15, 0.2) is 23.4 Å². The van der Waals surface area contributed by atoms with E-state index in [2.05, 4.69) is 20.5 Å². The highest BCUT2D eigenvalue weighted by atomic mass is 35.5. The third kappa shape index (κ3) is 3.79. The van der Waals surface area contributed by atoms with Crippen molar-refractivity contribution in [2.75, 3.05) is 13.7 Å². The average Bonchev–Trinajstić information content (AvgIpc) is 2.92. The van der Waals surface area contributed by atoms with Crippen LogP contribution in [-0.2, 0) is 4.79 Å². The first kappa shape index (κ1) is 16.1. The van der Waals surface area contributed by atoms with Gasteiger partial charge in [-0.1, -0.05) is 29.8 Å². The maximum Gasteiger partial charge on any atom is 0.233 e. The van der Waals surface area contributed by atoms with Gasteiger partial charge in [-0.15, -0.1) is 5.10 Å². The quantitative estimate of drug-likeness (QED) is 0.884. The topological polar surface area (TPSA) is 79.9 Å². The zero-order valence-corrected chi connectivity index (χ0v) is 14.2. The molecule has 3 rings (SSSR count). The van der Waals surface area contributed by atoms with Crippen molar-refractivity contribution >= 4 is 29.3 Å². The lowest BCUT2D eigenvalue weighted by molar-refractivity contribution is -0.120. The maximum absolute atomic E-state index is 12.0. The summed E-state index contributed by atoms with van der Waals surface area (Å²) in [5.74, 6) is 1.29. The lowest BCUT2D eigenvalue weighted by atomic mass is 10.2. The monoisotopic (exact) mass is 352 g/mol. The van der Waals surface area contributed by atoms with Gasteiger partial charge in [-0.2, -0.15) is 0 Å². The van der Waals surface area contributed by atoms with E-state index in [-0.39, 0.29) is 11.2 Å². The Labute approximate surface area is 143 Å². The van der Waals surface area contributed by atoms with Crippen molar-refractivity contribution < 1.29 is 9.53 Å². The fourth-order valence-corrected chi connectivity index (χ4v) is 3.58. The smallest absolute Gasteiger partial charge is 0.233 e. The molecule has 2 heterocycles. The standard InChI is InChI=1S/C15H17ClN4O2S/c1-22-11-6-5-9(16)8-10(11)13-18-15(20-19-13)23-12-4-2-3-7-17-14(12)21/h5-6,8,12H,2-4,7H2,1H3,(H,17,21)(H,18,19,20).